The molecular formula is C10H17NO2. The summed E-state index contributed by atoms with van der Waals surface area (Å²) < 4.78 is 0. The SMILES string of the molecule is CC[C@@H](C)CC(=O)N1CCCC1=O. The zero-order chi connectivity index (χ0) is 9.84. The van der Waals surface area contributed by atoms with E-state index in [-0.39, 0.29) is 11.8 Å². The molecule has 0 spiro atoms. The normalized spacial score (nSPS) is 19.2. The Hall–Kier alpha value is -0.860. The molecule has 3 nitrogen and oxygen atoms in total. The van der Waals surface area contributed by atoms with Crippen LogP contribution < -0.4 is 0 Å². The van der Waals surface area contributed by atoms with Crippen LogP contribution in [-0.2, 0) is 9.59 Å². The number of carbonyl (C=O) groups excluding carboxylic acids is 2. The number of carbonyl (C=O) groups is 2. The molecule has 1 aliphatic heterocycles. The quantitative estimate of drug-likeness (QED) is 0.666. The number of likely N-dealkylation sites (tertiary alicyclic amines) is 1. The Balaban J connectivity index is 2.43. The van der Waals surface area contributed by atoms with Crippen LogP contribution in [0.4, 0.5) is 0 Å². The highest BCUT2D eigenvalue weighted by molar-refractivity contribution is 5.96. The third-order valence-corrected chi connectivity index (χ3v) is 2.59. The molecule has 1 fully saturated rings. The molecule has 1 aliphatic rings. The first kappa shape index (κ1) is 10.2. The summed E-state index contributed by atoms with van der Waals surface area (Å²) in [5.74, 6) is 0.408. The zero-order valence-electron chi connectivity index (χ0n) is 8.38. The molecule has 1 rings (SSSR count). The fraction of sp³-hybridized carbons (Fsp3) is 0.800. The molecule has 0 N–H and O–H groups in total. The standard InChI is InChI=1S/C10H17NO2/c1-3-8(2)7-10(13)11-6-4-5-9(11)12/h8H,3-7H2,1-2H3/t8-/m1/s1. The van der Waals surface area contributed by atoms with Crippen molar-refractivity contribution in [1.82, 2.24) is 4.90 Å². The second kappa shape index (κ2) is 4.40. The Kier molecular flexibility index (Phi) is 3.46. The van der Waals surface area contributed by atoms with Crippen LogP contribution in [0.2, 0.25) is 0 Å². The molecule has 0 aromatic heterocycles. The van der Waals surface area contributed by atoms with Gasteiger partial charge in [0.15, 0.2) is 0 Å². The molecule has 0 bridgehead atoms. The highest BCUT2D eigenvalue weighted by atomic mass is 16.2. The molecule has 0 aromatic carbocycles. The van der Waals surface area contributed by atoms with Gasteiger partial charge < -0.3 is 0 Å². The maximum Gasteiger partial charge on any atom is 0.229 e. The van der Waals surface area contributed by atoms with Crippen molar-refractivity contribution in [1.29, 1.82) is 0 Å². The monoisotopic (exact) mass is 183 g/mol. The first-order chi connectivity index (χ1) is 6.15. The van der Waals surface area contributed by atoms with E-state index in [1.165, 1.54) is 4.90 Å². The van der Waals surface area contributed by atoms with Crippen LogP contribution in [0.5, 0.6) is 0 Å². The molecule has 0 aliphatic carbocycles. The van der Waals surface area contributed by atoms with E-state index in [1.807, 2.05) is 6.92 Å². The summed E-state index contributed by atoms with van der Waals surface area (Å²) in [5, 5.41) is 0. The fourth-order valence-electron chi connectivity index (χ4n) is 1.46. The predicted molar refractivity (Wildman–Crippen MR) is 50.0 cm³/mol. The van der Waals surface area contributed by atoms with Crippen molar-refractivity contribution >= 4 is 11.8 Å². The Morgan fingerprint density at radius 2 is 2.31 bits per heavy atom. The van der Waals surface area contributed by atoms with Gasteiger partial charge in [0.25, 0.3) is 0 Å². The van der Waals surface area contributed by atoms with Gasteiger partial charge in [0.05, 0.1) is 0 Å². The summed E-state index contributed by atoms with van der Waals surface area (Å²) in [6, 6.07) is 0. The van der Waals surface area contributed by atoms with Crippen LogP contribution in [0.25, 0.3) is 0 Å². The van der Waals surface area contributed by atoms with E-state index in [1.54, 1.807) is 0 Å². The van der Waals surface area contributed by atoms with Crippen molar-refractivity contribution < 1.29 is 9.59 Å². The van der Waals surface area contributed by atoms with Crippen LogP contribution in [0.1, 0.15) is 39.5 Å². The van der Waals surface area contributed by atoms with Gasteiger partial charge in [-0.2, -0.15) is 0 Å². The Bertz CT molecular complexity index is 213. The number of hydrogen-bond acceptors (Lipinski definition) is 2. The second-order valence-electron chi connectivity index (χ2n) is 3.76. The number of rotatable bonds is 3. The van der Waals surface area contributed by atoms with Gasteiger partial charge >= 0.3 is 0 Å². The molecule has 1 atom stereocenters. The minimum atomic E-state index is 0.00769. The van der Waals surface area contributed by atoms with Crippen molar-refractivity contribution in [3.8, 4) is 0 Å². The van der Waals surface area contributed by atoms with Gasteiger partial charge in [0.1, 0.15) is 0 Å². The summed E-state index contributed by atoms with van der Waals surface area (Å²) in [6.07, 6.45) is 2.90. The molecule has 0 aromatic rings. The van der Waals surface area contributed by atoms with Gasteiger partial charge in [0.2, 0.25) is 11.8 Å². The maximum atomic E-state index is 11.5. The highest BCUT2D eigenvalue weighted by Crippen LogP contribution is 2.15. The predicted octanol–water partition coefficient (Wildman–Crippen LogP) is 1.57. The summed E-state index contributed by atoms with van der Waals surface area (Å²) in [4.78, 5) is 24.1. The molecular weight excluding hydrogens is 166 g/mol. The van der Waals surface area contributed by atoms with Crippen LogP contribution in [-0.4, -0.2) is 23.3 Å². The number of amides is 2. The molecule has 0 saturated carbocycles. The van der Waals surface area contributed by atoms with Crippen LogP contribution in [0.15, 0.2) is 0 Å². The van der Waals surface area contributed by atoms with Crippen LogP contribution >= 0.6 is 0 Å². The minimum absolute atomic E-state index is 0.00769. The van der Waals surface area contributed by atoms with Gasteiger partial charge in [0, 0.05) is 19.4 Å². The second-order valence-corrected chi connectivity index (χ2v) is 3.76. The molecule has 3 heteroatoms. The lowest BCUT2D eigenvalue weighted by Crippen LogP contribution is -2.32. The number of imide groups is 1. The molecule has 0 unspecified atom stereocenters. The summed E-state index contributed by atoms with van der Waals surface area (Å²) in [6.45, 7) is 4.73. The van der Waals surface area contributed by atoms with Gasteiger partial charge in [-0.25, -0.2) is 0 Å². The molecule has 1 heterocycles. The van der Waals surface area contributed by atoms with E-state index in [0.717, 1.165) is 12.8 Å². The summed E-state index contributed by atoms with van der Waals surface area (Å²) >= 11 is 0. The van der Waals surface area contributed by atoms with E-state index in [2.05, 4.69) is 6.92 Å². The fourth-order valence-corrected chi connectivity index (χ4v) is 1.46. The molecule has 1 saturated heterocycles. The lowest BCUT2D eigenvalue weighted by molar-refractivity contribution is -0.142. The highest BCUT2D eigenvalue weighted by Gasteiger charge is 2.26. The van der Waals surface area contributed by atoms with Gasteiger partial charge in [-0.05, 0) is 12.3 Å². The van der Waals surface area contributed by atoms with E-state index in [9.17, 15) is 9.59 Å². The number of nitrogens with zero attached hydrogens (tertiary/aromatic N) is 1. The Labute approximate surface area is 79.1 Å². The third kappa shape index (κ3) is 2.54. The van der Waals surface area contributed by atoms with Gasteiger partial charge in [-0.3, -0.25) is 14.5 Å². The van der Waals surface area contributed by atoms with Gasteiger partial charge in [-0.1, -0.05) is 20.3 Å². The molecule has 74 valence electrons. The summed E-state index contributed by atoms with van der Waals surface area (Å²) in [5.41, 5.74) is 0. The van der Waals surface area contributed by atoms with Gasteiger partial charge in [-0.15, -0.1) is 0 Å². The Morgan fingerprint density at radius 1 is 1.62 bits per heavy atom. The minimum Gasteiger partial charge on any atom is -0.283 e. The average Bonchev–Trinajstić information content (AvgIpc) is 2.51. The lowest BCUT2D eigenvalue weighted by atomic mass is 10.0. The topological polar surface area (TPSA) is 37.4 Å². The van der Waals surface area contributed by atoms with E-state index in [4.69, 9.17) is 0 Å². The maximum absolute atomic E-state index is 11.5. The van der Waals surface area contributed by atoms with Crippen molar-refractivity contribution in [2.24, 2.45) is 5.92 Å². The van der Waals surface area contributed by atoms with Crippen molar-refractivity contribution in [2.75, 3.05) is 6.54 Å². The van der Waals surface area contributed by atoms with Crippen LogP contribution in [0, 0.1) is 5.92 Å². The zero-order valence-corrected chi connectivity index (χ0v) is 8.38. The van der Waals surface area contributed by atoms with E-state index in [0.29, 0.717) is 25.3 Å². The lowest BCUT2D eigenvalue weighted by Gasteiger charge is -2.15. The van der Waals surface area contributed by atoms with Crippen molar-refractivity contribution in [3.63, 3.8) is 0 Å². The first-order valence-corrected chi connectivity index (χ1v) is 4.98. The third-order valence-electron chi connectivity index (χ3n) is 2.59. The van der Waals surface area contributed by atoms with E-state index < -0.39 is 0 Å². The molecule has 0 radical (unpaired) electrons. The molecule has 2 amide bonds. The Morgan fingerprint density at radius 3 is 2.77 bits per heavy atom. The number of hydrogen-bond donors (Lipinski definition) is 0. The summed E-state index contributed by atoms with van der Waals surface area (Å²) in [7, 11) is 0. The smallest absolute Gasteiger partial charge is 0.229 e. The van der Waals surface area contributed by atoms with Crippen molar-refractivity contribution in [3.05, 3.63) is 0 Å². The van der Waals surface area contributed by atoms with Crippen molar-refractivity contribution in [2.45, 2.75) is 39.5 Å². The largest absolute Gasteiger partial charge is 0.283 e. The van der Waals surface area contributed by atoms with E-state index >= 15 is 0 Å². The van der Waals surface area contributed by atoms with Crippen LogP contribution in [0.3, 0.4) is 0 Å². The first-order valence-electron chi connectivity index (χ1n) is 4.98. The average molecular weight is 183 g/mol. The molecule has 13 heavy (non-hydrogen) atoms.